The molecule has 2 aromatic heterocycles. The summed E-state index contributed by atoms with van der Waals surface area (Å²) in [6.07, 6.45) is 0.679. The van der Waals surface area contributed by atoms with Gasteiger partial charge in [-0.25, -0.2) is 0 Å². The molecule has 0 radical (unpaired) electrons. The number of anilines is 1. The zero-order valence-corrected chi connectivity index (χ0v) is 23.4. The van der Waals surface area contributed by atoms with E-state index in [2.05, 4.69) is 10.2 Å². The van der Waals surface area contributed by atoms with Gasteiger partial charge in [0.25, 0.3) is 5.91 Å². The first kappa shape index (κ1) is 25.8. The van der Waals surface area contributed by atoms with Gasteiger partial charge in [0.05, 0.1) is 24.1 Å². The third-order valence-electron chi connectivity index (χ3n) is 7.19. The number of aromatic nitrogens is 2. The average molecular weight is 554 g/mol. The topological polar surface area (TPSA) is 94.8 Å². The predicted molar refractivity (Wildman–Crippen MR) is 154 cm³/mol. The first-order valence-electron chi connectivity index (χ1n) is 13.0. The molecule has 0 saturated carbocycles. The van der Waals surface area contributed by atoms with E-state index in [0.29, 0.717) is 46.2 Å². The predicted octanol–water partition coefficient (Wildman–Crippen LogP) is 6.16. The van der Waals surface area contributed by atoms with Crippen LogP contribution in [0, 0.1) is 13.8 Å². The molecule has 0 N–H and O–H groups in total. The largest absolute Gasteiger partial charge is 0.493 e. The lowest BCUT2D eigenvalue weighted by atomic mass is 9.97. The molecule has 1 unspecified atom stereocenters. The second-order valence-corrected chi connectivity index (χ2v) is 10.7. The second-order valence-electron chi connectivity index (χ2n) is 9.70. The van der Waals surface area contributed by atoms with Gasteiger partial charge in [0.15, 0.2) is 16.9 Å². The number of aryl methyl sites for hydroxylation is 3. The molecule has 0 aliphatic carbocycles. The Bertz CT molecular complexity index is 1810. The third kappa shape index (κ3) is 4.32. The average Bonchev–Trinajstić information content (AvgIpc) is 3.56. The third-order valence-corrected chi connectivity index (χ3v) is 8.26. The van der Waals surface area contributed by atoms with E-state index in [4.69, 9.17) is 13.9 Å². The van der Waals surface area contributed by atoms with Crippen molar-refractivity contribution in [2.24, 2.45) is 0 Å². The molecular formula is C31H27N3O5S. The molecular weight excluding hydrogens is 526 g/mol. The van der Waals surface area contributed by atoms with Crippen LogP contribution in [-0.4, -0.2) is 23.2 Å². The SMILES string of the molecule is CCc1nnc(N2C(=O)c3oc4cc(C)c(C)cc4c(=O)c3C2c2ccc(OCc3ccccc3)c(OC)c2)s1. The van der Waals surface area contributed by atoms with Crippen molar-refractivity contribution in [1.29, 1.82) is 0 Å². The van der Waals surface area contributed by atoms with Crippen molar-refractivity contribution in [2.75, 3.05) is 12.0 Å². The van der Waals surface area contributed by atoms with Gasteiger partial charge in [0.1, 0.15) is 17.2 Å². The van der Waals surface area contributed by atoms with Gasteiger partial charge < -0.3 is 13.9 Å². The number of fused-ring (bicyclic) bond motifs is 2. The lowest BCUT2D eigenvalue weighted by Gasteiger charge is -2.23. The van der Waals surface area contributed by atoms with Crippen LogP contribution in [0.4, 0.5) is 5.13 Å². The molecule has 0 saturated heterocycles. The molecule has 0 bridgehead atoms. The Hall–Kier alpha value is -4.50. The molecule has 9 heteroatoms. The van der Waals surface area contributed by atoms with E-state index < -0.39 is 11.9 Å². The van der Waals surface area contributed by atoms with Crippen LogP contribution in [0.1, 0.15) is 56.3 Å². The van der Waals surface area contributed by atoms with E-state index in [1.165, 1.54) is 16.2 Å². The van der Waals surface area contributed by atoms with Crippen molar-refractivity contribution < 1.29 is 18.7 Å². The Kier molecular flexibility index (Phi) is 6.59. The summed E-state index contributed by atoms with van der Waals surface area (Å²) < 4.78 is 17.9. The lowest BCUT2D eigenvalue weighted by molar-refractivity contribution is 0.0970. The van der Waals surface area contributed by atoms with Crippen LogP contribution < -0.4 is 19.8 Å². The number of hydrogen-bond acceptors (Lipinski definition) is 8. The minimum Gasteiger partial charge on any atom is -0.493 e. The highest BCUT2D eigenvalue weighted by Crippen LogP contribution is 2.44. The van der Waals surface area contributed by atoms with Gasteiger partial charge in [-0.2, -0.15) is 0 Å². The van der Waals surface area contributed by atoms with Crippen molar-refractivity contribution in [3.63, 3.8) is 0 Å². The van der Waals surface area contributed by atoms with Crippen LogP contribution in [0.25, 0.3) is 11.0 Å². The number of nitrogens with zero attached hydrogens (tertiary/aromatic N) is 3. The van der Waals surface area contributed by atoms with Crippen molar-refractivity contribution in [3.05, 3.63) is 109 Å². The monoisotopic (exact) mass is 553 g/mol. The molecule has 3 aromatic carbocycles. The van der Waals surface area contributed by atoms with E-state index in [-0.39, 0.29) is 16.8 Å². The van der Waals surface area contributed by atoms with Gasteiger partial charge in [0.2, 0.25) is 10.9 Å². The summed E-state index contributed by atoms with van der Waals surface area (Å²) in [6, 6.07) is 18.1. The second kappa shape index (κ2) is 10.2. The zero-order chi connectivity index (χ0) is 28.0. The van der Waals surface area contributed by atoms with Crippen molar-refractivity contribution in [1.82, 2.24) is 10.2 Å². The maximum Gasteiger partial charge on any atom is 0.297 e. The minimum absolute atomic E-state index is 0.0161. The molecule has 3 heterocycles. The molecule has 1 aliphatic rings. The number of hydrogen-bond donors (Lipinski definition) is 0. The molecule has 202 valence electrons. The first-order valence-corrected chi connectivity index (χ1v) is 13.8. The normalized spacial score (nSPS) is 14.6. The van der Waals surface area contributed by atoms with Crippen LogP contribution in [0.3, 0.4) is 0 Å². The van der Waals surface area contributed by atoms with Crippen LogP contribution in [0.2, 0.25) is 0 Å². The van der Waals surface area contributed by atoms with Gasteiger partial charge in [0, 0.05) is 0 Å². The van der Waals surface area contributed by atoms with E-state index in [1.807, 2.05) is 63.2 Å². The molecule has 1 amide bonds. The summed E-state index contributed by atoms with van der Waals surface area (Å²) in [5.41, 5.74) is 4.04. The summed E-state index contributed by atoms with van der Waals surface area (Å²) in [7, 11) is 1.56. The number of rotatable bonds is 7. The van der Waals surface area contributed by atoms with Crippen LogP contribution >= 0.6 is 11.3 Å². The number of amides is 1. The minimum atomic E-state index is -0.778. The number of carbonyl (C=O) groups is 1. The Morgan fingerprint density at radius 3 is 2.48 bits per heavy atom. The van der Waals surface area contributed by atoms with Crippen molar-refractivity contribution in [2.45, 2.75) is 39.8 Å². The molecule has 40 heavy (non-hydrogen) atoms. The highest BCUT2D eigenvalue weighted by molar-refractivity contribution is 7.15. The Morgan fingerprint density at radius 1 is 0.975 bits per heavy atom. The fourth-order valence-electron chi connectivity index (χ4n) is 4.93. The van der Waals surface area contributed by atoms with Gasteiger partial charge in [-0.1, -0.05) is 54.7 Å². The highest BCUT2D eigenvalue weighted by Gasteiger charge is 2.45. The summed E-state index contributed by atoms with van der Waals surface area (Å²) >= 11 is 1.32. The van der Waals surface area contributed by atoms with E-state index >= 15 is 0 Å². The van der Waals surface area contributed by atoms with E-state index in [1.54, 1.807) is 25.3 Å². The summed E-state index contributed by atoms with van der Waals surface area (Å²) in [6.45, 7) is 6.24. The summed E-state index contributed by atoms with van der Waals surface area (Å²) in [5, 5.41) is 10.2. The van der Waals surface area contributed by atoms with Gasteiger partial charge in [-0.15, -0.1) is 10.2 Å². The zero-order valence-electron chi connectivity index (χ0n) is 22.6. The maximum atomic E-state index is 14.0. The fraction of sp³-hybridized carbons (Fsp3) is 0.226. The van der Waals surface area contributed by atoms with Crippen molar-refractivity contribution in [3.8, 4) is 11.5 Å². The molecule has 0 spiro atoms. The van der Waals surface area contributed by atoms with Crippen LogP contribution in [0.15, 0.2) is 69.9 Å². The molecule has 1 atom stereocenters. The molecule has 6 rings (SSSR count). The van der Waals surface area contributed by atoms with Gasteiger partial charge in [-0.3, -0.25) is 14.5 Å². The molecule has 5 aromatic rings. The smallest absolute Gasteiger partial charge is 0.297 e. The lowest BCUT2D eigenvalue weighted by Crippen LogP contribution is -2.29. The van der Waals surface area contributed by atoms with Crippen LogP contribution in [0.5, 0.6) is 11.5 Å². The summed E-state index contributed by atoms with van der Waals surface area (Å²) in [5.74, 6) is 0.617. The standard InChI is InChI=1S/C31H27N3O5S/c1-5-25-32-33-31(40-25)34-27(20-11-12-22(24(15-20)37-4)38-16-19-9-7-6-8-10-19)26-28(35)21-13-17(2)18(3)14-23(21)39-29(26)30(34)36/h6-15,27H,5,16H2,1-4H3. The number of ether oxygens (including phenoxy) is 2. The maximum absolute atomic E-state index is 14.0. The fourth-order valence-corrected chi connectivity index (χ4v) is 5.74. The van der Waals surface area contributed by atoms with Crippen LogP contribution in [-0.2, 0) is 13.0 Å². The molecule has 8 nitrogen and oxygen atoms in total. The number of carbonyl (C=O) groups excluding carboxylic acids is 1. The summed E-state index contributed by atoms with van der Waals surface area (Å²) in [4.78, 5) is 29.4. The first-order chi connectivity index (χ1) is 19.4. The van der Waals surface area contributed by atoms with E-state index in [9.17, 15) is 9.59 Å². The molecule has 1 aliphatic heterocycles. The van der Waals surface area contributed by atoms with Gasteiger partial charge in [-0.05, 0) is 66.8 Å². The Labute approximate surface area is 234 Å². The quantitative estimate of drug-likeness (QED) is 0.238. The number of benzene rings is 3. The number of methoxy groups -OCH3 is 1. The highest BCUT2D eigenvalue weighted by atomic mass is 32.1. The Morgan fingerprint density at radius 2 is 1.75 bits per heavy atom. The van der Waals surface area contributed by atoms with Crippen molar-refractivity contribution >= 4 is 33.3 Å². The Balaban J connectivity index is 1.50. The molecule has 0 fully saturated rings. The van der Waals surface area contributed by atoms with E-state index in [0.717, 1.165) is 21.7 Å². The van der Waals surface area contributed by atoms with Gasteiger partial charge >= 0.3 is 0 Å².